The van der Waals surface area contributed by atoms with Crippen molar-refractivity contribution in [1.29, 1.82) is 0 Å². The number of carbonyl (C=O) groups excluding carboxylic acids is 1. The Morgan fingerprint density at radius 3 is 2.50 bits per heavy atom. The minimum atomic E-state index is -0.0480. The topological polar surface area (TPSA) is 72.1 Å². The molecule has 1 aromatic rings. The lowest BCUT2D eigenvalue weighted by Crippen LogP contribution is -2.44. The molecule has 0 aliphatic carbocycles. The van der Waals surface area contributed by atoms with Crippen LogP contribution in [0.4, 0.5) is 5.13 Å². The highest BCUT2D eigenvalue weighted by Crippen LogP contribution is 2.26. The van der Waals surface area contributed by atoms with E-state index in [1.165, 1.54) is 0 Å². The van der Waals surface area contributed by atoms with Crippen LogP contribution in [-0.2, 0) is 0 Å². The molecule has 1 saturated heterocycles. The van der Waals surface area contributed by atoms with Gasteiger partial charge >= 0.3 is 0 Å². The van der Waals surface area contributed by atoms with Crippen LogP contribution in [0.1, 0.15) is 23.6 Å². The van der Waals surface area contributed by atoms with Crippen molar-refractivity contribution in [3.63, 3.8) is 0 Å². The number of amides is 1. The first-order valence-electron chi connectivity index (χ1n) is 5.10. The molecule has 1 aromatic heterocycles. The zero-order valence-corrected chi connectivity index (χ0v) is 10.8. The molecule has 16 heavy (non-hydrogen) atoms. The first-order valence-corrected chi connectivity index (χ1v) is 6.86. The number of aromatic nitrogens is 2. The summed E-state index contributed by atoms with van der Waals surface area (Å²) in [5.74, 6) is -0.0480. The fourth-order valence-corrected chi connectivity index (χ4v) is 3.70. The van der Waals surface area contributed by atoms with Gasteiger partial charge in [-0.2, -0.15) is 11.8 Å². The fourth-order valence-electron chi connectivity index (χ4n) is 1.80. The summed E-state index contributed by atoms with van der Waals surface area (Å²) < 4.78 is 0. The minimum Gasteiger partial charge on any atom is -0.374 e. The Morgan fingerprint density at radius 1 is 1.38 bits per heavy atom. The largest absolute Gasteiger partial charge is 0.374 e. The molecule has 2 unspecified atom stereocenters. The second-order valence-electron chi connectivity index (χ2n) is 3.91. The quantitative estimate of drug-likeness (QED) is 0.816. The van der Waals surface area contributed by atoms with Gasteiger partial charge in [-0.25, -0.2) is 0 Å². The van der Waals surface area contributed by atoms with E-state index >= 15 is 0 Å². The average molecular weight is 258 g/mol. The van der Waals surface area contributed by atoms with E-state index in [1.807, 2.05) is 16.7 Å². The van der Waals surface area contributed by atoms with Crippen molar-refractivity contribution in [2.75, 3.05) is 18.8 Å². The van der Waals surface area contributed by atoms with Gasteiger partial charge in [-0.1, -0.05) is 25.2 Å². The van der Waals surface area contributed by atoms with Gasteiger partial charge in [0.1, 0.15) is 0 Å². The van der Waals surface area contributed by atoms with Crippen molar-refractivity contribution in [1.82, 2.24) is 15.1 Å². The predicted octanol–water partition coefficient (Wildman–Crippen LogP) is 1.09. The van der Waals surface area contributed by atoms with E-state index in [2.05, 4.69) is 24.0 Å². The maximum atomic E-state index is 12.1. The van der Waals surface area contributed by atoms with E-state index in [0.29, 0.717) is 20.6 Å². The number of nitrogens with two attached hydrogens (primary N) is 1. The summed E-state index contributed by atoms with van der Waals surface area (Å²) in [5.41, 5.74) is 5.47. The lowest BCUT2D eigenvalue weighted by Gasteiger charge is -2.33. The van der Waals surface area contributed by atoms with Gasteiger partial charge in [-0.3, -0.25) is 4.79 Å². The minimum absolute atomic E-state index is 0.0480. The van der Waals surface area contributed by atoms with Gasteiger partial charge in [0.15, 0.2) is 0 Å². The molecule has 2 N–H and O–H groups in total. The molecule has 0 aromatic carbocycles. The maximum Gasteiger partial charge on any atom is 0.284 e. The van der Waals surface area contributed by atoms with Crippen molar-refractivity contribution in [3.8, 4) is 0 Å². The number of hydrogen-bond acceptors (Lipinski definition) is 6. The Kier molecular flexibility index (Phi) is 3.34. The second kappa shape index (κ2) is 4.58. The summed E-state index contributed by atoms with van der Waals surface area (Å²) in [4.78, 5) is 13.9. The average Bonchev–Trinajstić information content (AvgIpc) is 2.62. The molecule has 0 saturated carbocycles. The molecule has 2 heterocycles. The van der Waals surface area contributed by atoms with Gasteiger partial charge in [0, 0.05) is 23.6 Å². The van der Waals surface area contributed by atoms with E-state index in [0.717, 1.165) is 24.4 Å². The highest BCUT2D eigenvalue weighted by Gasteiger charge is 2.28. The third-order valence-corrected chi connectivity index (χ3v) is 4.30. The third-order valence-electron chi connectivity index (χ3n) is 2.33. The van der Waals surface area contributed by atoms with E-state index in [-0.39, 0.29) is 5.91 Å². The fraction of sp³-hybridized carbons (Fsp3) is 0.667. The molecule has 1 fully saturated rings. The van der Waals surface area contributed by atoms with Crippen molar-refractivity contribution < 1.29 is 4.79 Å². The highest BCUT2D eigenvalue weighted by atomic mass is 32.2. The molecule has 88 valence electrons. The Morgan fingerprint density at radius 2 is 2.00 bits per heavy atom. The molecular weight excluding hydrogens is 244 g/mol. The van der Waals surface area contributed by atoms with Crippen LogP contribution in [-0.4, -0.2) is 44.6 Å². The number of thioether (sulfide) groups is 1. The summed E-state index contributed by atoms with van der Waals surface area (Å²) in [6.45, 7) is 5.81. The van der Waals surface area contributed by atoms with Crippen LogP contribution in [0, 0.1) is 0 Å². The Bertz CT molecular complexity index is 385. The van der Waals surface area contributed by atoms with Crippen LogP contribution in [0.25, 0.3) is 0 Å². The van der Waals surface area contributed by atoms with Gasteiger partial charge in [-0.15, -0.1) is 10.2 Å². The zero-order chi connectivity index (χ0) is 11.7. The summed E-state index contributed by atoms with van der Waals surface area (Å²) in [5, 5.41) is 9.13. The van der Waals surface area contributed by atoms with Gasteiger partial charge < -0.3 is 10.6 Å². The number of nitrogen functional groups attached to an aromatic ring is 1. The molecule has 0 spiro atoms. The standard InChI is InChI=1S/C9H14N4OS2/c1-5-3-13(4-6(2)15-5)8(14)7-11-12-9(10)16-7/h5-6H,3-4H2,1-2H3,(H2,10,12). The van der Waals surface area contributed by atoms with E-state index in [4.69, 9.17) is 5.73 Å². The van der Waals surface area contributed by atoms with E-state index < -0.39 is 0 Å². The molecule has 1 aliphatic heterocycles. The molecule has 0 bridgehead atoms. The number of nitrogens with zero attached hydrogens (tertiary/aromatic N) is 3. The van der Waals surface area contributed by atoms with E-state index in [9.17, 15) is 4.79 Å². The summed E-state index contributed by atoms with van der Waals surface area (Å²) in [7, 11) is 0. The third kappa shape index (κ3) is 2.46. The van der Waals surface area contributed by atoms with Crippen LogP contribution in [0.5, 0.6) is 0 Å². The molecule has 2 rings (SSSR count). The first kappa shape index (κ1) is 11.7. The lowest BCUT2D eigenvalue weighted by atomic mass is 10.3. The predicted molar refractivity (Wildman–Crippen MR) is 66.7 cm³/mol. The van der Waals surface area contributed by atoms with Crippen LogP contribution in [0.3, 0.4) is 0 Å². The van der Waals surface area contributed by atoms with Gasteiger partial charge in [0.25, 0.3) is 5.91 Å². The second-order valence-corrected chi connectivity index (χ2v) is 6.80. The van der Waals surface area contributed by atoms with Crippen LogP contribution in [0.2, 0.25) is 0 Å². The monoisotopic (exact) mass is 258 g/mol. The summed E-state index contributed by atoms with van der Waals surface area (Å²) >= 11 is 3.06. The summed E-state index contributed by atoms with van der Waals surface area (Å²) in [6.07, 6.45) is 0. The SMILES string of the molecule is CC1CN(C(=O)c2nnc(N)s2)CC(C)S1. The number of carbonyl (C=O) groups is 1. The van der Waals surface area contributed by atoms with Crippen LogP contribution in [0.15, 0.2) is 0 Å². The Balaban J connectivity index is 2.09. The highest BCUT2D eigenvalue weighted by molar-refractivity contribution is 8.00. The Labute approximate surface area is 102 Å². The van der Waals surface area contributed by atoms with Crippen molar-refractivity contribution in [3.05, 3.63) is 5.01 Å². The van der Waals surface area contributed by atoms with Gasteiger partial charge in [0.2, 0.25) is 10.1 Å². The van der Waals surface area contributed by atoms with Crippen molar-refractivity contribution >= 4 is 34.1 Å². The smallest absolute Gasteiger partial charge is 0.284 e. The zero-order valence-electron chi connectivity index (χ0n) is 9.21. The van der Waals surface area contributed by atoms with Crippen molar-refractivity contribution in [2.24, 2.45) is 0 Å². The molecule has 0 radical (unpaired) electrons. The first-order chi connectivity index (χ1) is 7.56. The van der Waals surface area contributed by atoms with Crippen LogP contribution < -0.4 is 5.73 Å². The van der Waals surface area contributed by atoms with Crippen molar-refractivity contribution in [2.45, 2.75) is 24.3 Å². The Hall–Kier alpha value is -0.820. The molecular formula is C9H14N4OS2. The maximum absolute atomic E-state index is 12.1. The van der Waals surface area contributed by atoms with Gasteiger partial charge in [0.05, 0.1) is 0 Å². The molecule has 5 nitrogen and oxygen atoms in total. The van der Waals surface area contributed by atoms with Crippen LogP contribution >= 0.6 is 23.1 Å². The number of hydrogen-bond donors (Lipinski definition) is 1. The molecule has 7 heteroatoms. The lowest BCUT2D eigenvalue weighted by molar-refractivity contribution is 0.0752. The number of rotatable bonds is 1. The molecule has 1 aliphatic rings. The number of anilines is 1. The van der Waals surface area contributed by atoms with E-state index in [1.54, 1.807) is 0 Å². The summed E-state index contributed by atoms with van der Waals surface area (Å²) in [6, 6.07) is 0. The molecule has 1 amide bonds. The molecule has 2 atom stereocenters. The normalized spacial score (nSPS) is 25.8. The van der Waals surface area contributed by atoms with Gasteiger partial charge in [-0.05, 0) is 0 Å².